The van der Waals surface area contributed by atoms with Crippen molar-refractivity contribution in [3.8, 4) is 0 Å². The highest BCUT2D eigenvalue weighted by Gasteiger charge is 1.92. The second-order valence-corrected chi connectivity index (χ2v) is 3.94. The van der Waals surface area contributed by atoms with Crippen molar-refractivity contribution in [1.29, 1.82) is 0 Å². The Morgan fingerprint density at radius 3 is 2.57 bits per heavy atom. The first-order valence-electron chi connectivity index (χ1n) is 4.27. The second-order valence-electron chi connectivity index (χ2n) is 2.60. The van der Waals surface area contributed by atoms with Crippen molar-refractivity contribution in [1.82, 2.24) is 0 Å². The molecular weight excluding hydrogens is 198 g/mol. The van der Waals surface area contributed by atoms with Crippen molar-refractivity contribution in [2.24, 2.45) is 0 Å². The Morgan fingerprint density at radius 1 is 1.43 bits per heavy atom. The zero-order valence-electron chi connectivity index (χ0n) is 7.84. The fourth-order valence-electron chi connectivity index (χ4n) is 0.989. The van der Waals surface area contributed by atoms with Crippen molar-refractivity contribution in [2.45, 2.75) is 11.8 Å². The Bertz CT molecular complexity index is 332. The number of benzene rings is 1. The zero-order chi connectivity index (χ0) is 10.4. The summed E-state index contributed by atoms with van der Waals surface area (Å²) in [5.41, 5.74) is 0.849. The van der Waals surface area contributed by atoms with Crippen LogP contribution < -0.4 is 0 Å². The first-order valence-corrected chi connectivity index (χ1v) is 5.25. The maximum atomic E-state index is 10.1. The molecule has 0 fully saturated rings. The molecule has 14 heavy (non-hydrogen) atoms. The van der Waals surface area contributed by atoms with Crippen LogP contribution in [-0.4, -0.2) is 10.7 Å². The maximum absolute atomic E-state index is 10.1. The van der Waals surface area contributed by atoms with Crippen molar-refractivity contribution in [2.75, 3.05) is 5.75 Å². The average molecular weight is 209 g/mol. The van der Waals surface area contributed by atoms with Crippen molar-refractivity contribution >= 4 is 17.8 Å². The van der Waals surface area contributed by atoms with Gasteiger partial charge in [-0.25, -0.2) is 0 Å². The highest BCUT2D eigenvalue weighted by Crippen LogP contribution is 2.18. The molecule has 0 bridgehead atoms. The normalized spacial score (nSPS) is 10.6. The molecule has 0 unspecified atom stereocenters. The lowest BCUT2D eigenvalue weighted by Crippen LogP contribution is -1.82. The number of rotatable bonds is 4. The molecule has 0 saturated heterocycles. The molecule has 0 aliphatic rings. The Kier molecular flexibility index (Phi) is 4.19. The topological polar surface area (TPSA) is 43.1 Å². The summed E-state index contributed by atoms with van der Waals surface area (Å²) in [5.74, 6) is 1.03. The SMILES string of the molecule is CCSc1ccc(C=C[N+](=O)[O-])cc1. The quantitative estimate of drug-likeness (QED) is 0.435. The van der Waals surface area contributed by atoms with Crippen LogP contribution in [0.5, 0.6) is 0 Å². The summed E-state index contributed by atoms with van der Waals surface area (Å²) in [6.45, 7) is 2.09. The molecule has 0 atom stereocenters. The van der Waals surface area contributed by atoms with Gasteiger partial charge in [0.25, 0.3) is 0 Å². The van der Waals surface area contributed by atoms with E-state index >= 15 is 0 Å². The third-order valence-electron chi connectivity index (χ3n) is 1.58. The molecule has 1 rings (SSSR count). The highest BCUT2D eigenvalue weighted by atomic mass is 32.2. The summed E-state index contributed by atoms with van der Waals surface area (Å²) < 4.78 is 0. The predicted molar refractivity (Wildman–Crippen MR) is 58.9 cm³/mol. The van der Waals surface area contributed by atoms with Crippen molar-refractivity contribution in [3.05, 3.63) is 46.1 Å². The molecule has 3 nitrogen and oxygen atoms in total. The van der Waals surface area contributed by atoms with Gasteiger partial charge in [-0.2, -0.15) is 0 Å². The van der Waals surface area contributed by atoms with Gasteiger partial charge in [-0.3, -0.25) is 10.1 Å². The average Bonchev–Trinajstić information content (AvgIpc) is 2.17. The molecule has 0 radical (unpaired) electrons. The number of hydrogen-bond donors (Lipinski definition) is 0. The van der Waals surface area contributed by atoms with E-state index in [1.165, 1.54) is 11.0 Å². The first-order chi connectivity index (χ1) is 6.72. The van der Waals surface area contributed by atoms with E-state index in [4.69, 9.17) is 0 Å². The summed E-state index contributed by atoms with van der Waals surface area (Å²) in [5, 5.41) is 10.1. The van der Waals surface area contributed by atoms with Crippen molar-refractivity contribution < 1.29 is 4.92 Å². The fraction of sp³-hybridized carbons (Fsp3) is 0.200. The molecule has 0 spiro atoms. The summed E-state index contributed by atoms with van der Waals surface area (Å²) in [6.07, 6.45) is 2.43. The van der Waals surface area contributed by atoms with Crippen LogP contribution in [0.3, 0.4) is 0 Å². The van der Waals surface area contributed by atoms with Gasteiger partial charge in [0.15, 0.2) is 0 Å². The van der Waals surface area contributed by atoms with Gasteiger partial charge >= 0.3 is 0 Å². The minimum atomic E-state index is -0.464. The smallest absolute Gasteiger partial charge is 0.235 e. The zero-order valence-corrected chi connectivity index (χ0v) is 8.66. The summed E-state index contributed by atoms with van der Waals surface area (Å²) in [6, 6.07) is 7.68. The van der Waals surface area contributed by atoms with Crippen LogP contribution in [-0.2, 0) is 0 Å². The maximum Gasteiger partial charge on any atom is 0.235 e. The summed E-state index contributed by atoms with van der Waals surface area (Å²) in [7, 11) is 0. The van der Waals surface area contributed by atoms with E-state index in [1.807, 2.05) is 24.3 Å². The van der Waals surface area contributed by atoms with E-state index in [0.29, 0.717) is 0 Å². The van der Waals surface area contributed by atoms with E-state index in [1.54, 1.807) is 11.8 Å². The molecular formula is C10H11NO2S. The standard InChI is InChI=1S/C10H11NO2S/c1-2-14-10-5-3-9(4-6-10)7-8-11(12)13/h3-8H,2H2,1H3. The van der Waals surface area contributed by atoms with Gasteiger partial charge in [0.05, 0.1) is 4.92 Å². The molecule has 74 valence electrons. The van der Waals surface area contributed by atoms with Crippen LogP contribution in [0.15, 0.2) is 35.4 Å². The van der Waals surface area contributed by atoms with E-state index in [2.05, 4.69) is 6.92 Å². The molecule has 0 heterocycles. The molecule has 1 aromatic carbocycles. The molecule has 0 aliphatic carbocycles. The molecule has 0 aliphatic heterocycles. The molecule has 0 N–H and O–H groups in total. The Hall–Kier alpha value is -1.29. The van der Waals surface area contributed by atoms with Crippen LogP contribution in [0, 0.1) is 10.1 Å². The molecule has 4 heteroatoms. The van der Waals surface area contributed by atoms with E-state index in [9.17, 15) is 10.1 Å². The van der Waals surface area contributed by atoms with Gasteiger partial charge in [0.2, 0.25) is 6.20 Å². The lowest BCUT2D eigenvalue weighted by Gasteiger charge is -1.97. The Morgan fingerprint density at radius 2 is 2.07 bits per heavy atom. The lowest BCUT2D eigenvalue weighted by molar-refractivity contribution is -0.400. The van der Waals surface area contributed by atoms with Gasteiger partial charge in [-0.15, -0.1) is 11.8 Å². The number of nitrogens with zero attached hydrogens (tertiary/aromatic N) is 1. The first kappa shape index (κ1) is 10.8. The highest BCUT2D eigenvalue weighted by molar-refractivity contribution is 7.99. The van der Waals surface area contributed by atoms with Crippen LogP contribution in [0.25, 0.3) is 6.08 Å². The van der Waals surface area contributed by atoms with E-state index in [0.717, 1.165) is 17.5 Å². The van der Waals surface area contributed by atoms with Crippen LogP contribution in [0.1, 0.15) is 12.5 Å². The van der Waals surface area contributed by atoms with Crippen LogP contribution in [0.2, 0.25) is 0 Å². The monoisotopic (exact) mass is 209 g/mol. The second kappa shape index (κ2) is 5.44. The number of thioether (sulfide) groups is 1. The Balaban J connectivity index is 2.68. The predicted octanol–water partition coefficient (Wildman–Crippen LogP) is 3.05. The largest absolute Gasteiger partial charge is 0.259 e. The van der Waals surface area contributed by atoms with Crippen LogP contribution >= 0.6 is 11.8 Å². The molecule has 0 amide bonds. The minimum absolute atomic E-state index is 0.464. The van der Waals surface area contributed by atoms with Gasteiger partial charge in [0.1, 0.15) is 0 Å². The van der Waals surface area contributed by atoms with Crippen LogP contribution in [0.4, 0.5) is 0 Å². The molecule has 0 aromatic heterocycles. The van der Waals surface area contributed by atoms with E-state index in [-0.39, 0.29) is 0 Å². The van der Waals surface area contributed by atoms with E-state index < -0.39 is 4.92 Å². The third-order valence-corrected chi connectivity index (χ3v) is 2.47. The lowest BCUT2D eigenvalue weighted by atomic mass is 10.2. The summed E-state index contributed by atoms with van der Waals surface area (Å²) >= 11 is 1.75. The Labute approximate surface area is 87.0 Å². The number of nitro groups is 1. The summed E-state index contributed by atoms with van der Waals surface area (Å²) in [4.78, 5) is 10.8. The number of hydrogen-bond acceptors (Lipinski definition) is 3. The fourth-order valence-corrected chi connectivity index (χ4v) is 1.65. The third kappa shape index (κ3) is 3.62. The van der Waals surface area contributed by atoms with Gasteiger partial charge in [-0.1, -0.05) is 19.1 Å². The van der Waals surface area contributed by atoms with Crippen molar-refractivity contribution in [3.63, 3.8) is 0 Å². The van der Waals surface area contributed by atoms with Gasteiger partial charge in [-0.05, 0) is 23.4 Å². The van der Waals surface area contributed by atoms with Gasteiger partial charge < -0.3 is 0 Å². The minimum Gasteiger partial charge on any atom is -0.259 e. The molecule has 1 aromatic rings. The van der Waals surface area contributed by atoms with Gasteiger partial charge in [0, 0.05) is 11.0 Å². The molecule has 0 saturated carbocycles.